The molecule has 0 saturated carbocycles. The zero-order chi connectivity index (χ0) is 13.6. The van der Waals surface area contributed by atoms with Crippen LogP contribution in [-0.4, -0.2) is 12.4 Å². The molecule has 1 aromatic carbocycles. The fourth-order valence-corrected chi connectivity index (χ4v) is 2.19. The Hall–Kier alpha value is -0.630. The molecule has 0 bridgehead atoms. The fraction of sp³-hybridized carbons (Fsp3) is 0.625. The molecule has 0 saturated heterocycles. The van der Waals surface area contributed by atoms with Crippen molar-refractivity contribution < 1.29 is 4.74 Å². The maximum atomic E-state index is 5.83. The van der Waals surface area contributed by atoms with E-state index in [4.69, 9.17) is 4.74 Å². The average molecular weight is 266 g/mol. The molecule has 0 spiro atoms. The zero-order valence-electron chi connectivity index (χ0n) is 12.1. The lowest BCUT2D eigenvalue weighted by atomic mass is 9.87. The van der Waals surface area contributed by atoms with Gasteiger partial charge in [-0.2, -0.15) is 12.6 Å². The van der Waals surface area contributed by atoms with Crippen molar-refractivity contribution in [3.8, 4) is 5.75 Å². The Morgan fingerprint density at radius 1 is 1.17 bits per heavy atom. The van der Waals surface area contributed by atoms with Crippen LogP contribution in [0.1, 0.15) is 46.1 Å². The van der Waals surface area contributed by atoms with Gasteiger partial charge in [0.1, 0.15) is 5.75 Å². The van der Waals surface area contributed by atoms with Gasteiger partial charge in [-0.05, 0) is 35.3 Å². The van der Waals surface area contributed by atoms with Gasteiger partial charge in [-0.1, -0.05) is 46.2 Å². The number of hydrogen-bond acceptors (Lipinski definition) is 2. The number of rotatable bonds is 6. The van der Waals surface area contributed by atoms with Crippen molar-refractivity contribution in [1.29, 1.82) is 0 Å². The van der Waals surface area contributed by atoms with Crippen LogP contribution in [0.4, 0.5) is 0 Å². The molecule has 1 rings (SSSR count). The predicted octanol–water partition coefficient (Wildman–Crippen LogP) is 4.71. The molecule has 1 nitrogen and oxygen atoms in total. The van der Waals surface area contributed by atoms with Gasteiger partial charge in [0.25, 0.3) is 0 Å². The molecule has 1 aromatic rings. The molecule has 0 fully saturated rings. The fourth-order valence-electron chi connectivity index (χ4n) is 1.90. The minimum Gasteiger partial charge on any atom is -0.493 e. The zero-order valence-corrected chi connectivity index (χ0v) is 13.0. The van der Waals surface area contributed by atoms with Gasteiger partial charge in [0.05, 0.1) is 6.61 Å². The summed E-state index contributed by atoms with van der Waals surface area (Å²) in [4.78, 5) is 0. The van der Waals surface area contributed by atoms with Crippen LogP contribution in [0.5, 0.6) is 5.75 Å². The van der Waals surface area contributed by atoms with E-state index in [-0.39, 0.29) is 5.41 Å². The van der Waals surface area contributed by atoms with E-state index in [9.17, 15) is 0 Å². The van der Waals surface area contributed by atoms with E-state index < -0.39 is 0 Å². The molecule has 102 valence electrons. The summed E-state index contributed by atoms with van der Waals surface area (Å²) in [6.07, 6.45) is 2.38. The molecule has 0 aliphatic carbocycles. The molecule has 0 aliphatic heterocycles. The molecule has 0 radical (unpaired) electrons. The highest BCUT2D eigenvalue weighted by molar-refractivity contribution is 7.80. The van der Waals surface area contributed by atoms with Gasteiger partial charge in [-0.15, -0.1) is 0 Å². The van der Waals surface area contributed by atoms with Gasteiger partial charge in [0.2, 0.25) is 0 Å². The van der Waals surface area contributed by atoms with E-state index in [1.807, 2.05) is 0 Å². The van der Waals surface area contributed by atoms with Crippen molar-refractivity contribution in [2.24, 2.45) is 5.92 Å². The van der Waals surface area contributed by atoms with Crippen molar-refractivity contribution in [3.05, 3.63) is 29.8 Å². The van der Waals surface area contributed by atoms with E-state index in [0.717, 1.165) is 18.1 Å². The SMILES string of the molecule is CCCC(CS)COc1ccc(C(C)(C)C)cc1. The van der Waals surface area contributed by atoms with E-state index in [0.29, 0.717) is 5.92 Å². The van der Waals surface area contributed by atoms with Gasteiger partial charge < -0.3 is 4.74 Å². The monoisotopic (exact) mass is 266 g/mol. The van der Waals surface area contributed by atoms with Gasteiger partial charge in [-0.25, -0.2) is 0 Å². The Morgan fingerprint density at radius 2 is 1.78 bits per heavy atom. The van der Waals surface area contributed by atoms with E-state index >= 15 is 0 Å². The average Bonchev–Trinajstić information content (AvgIpc) is 2.34. The molecule has 0 N–H and O–H groups in total. The standard InChI is InChI=1S/C16H26OS/c1-5-6-13(12-18)11-17-15-9-7-14(8-10-15)16(2,3)4/h7-10,13,18H,5-6,11-12H2,1-4H3. The quantitative estimate of drug-likeness (QED) is 0.734. The van der Waals surface area contributed by atoms with Crippen molar-refractivity contribution in [1.82, 2.24) is 0 Å². The van der Waals surface area contributed by atoms with Crippen LogP contribution in [0.15, 0.2) is 24.3 Å². The van der Waals surface area contributed by atoms with E-state index in [1.165, 1.54) is 18.4 Å². The summed E-state index contributed by atoms with van der Waals surface area (Å²) < 4.78 is 5.83. The second-order valence-corrected chi connectivity index (χ2v) is 6.29. The number of ether oxygens (including phenoxy) is 1. The van der Waals surface area contributed by atoms with Crippen LogP contribution in [0, 0.1) is 5.92 Å². The summed E-state index contributed by atoms with van der Waals surface area (Å²) in [6, 6.07) is 8.46. The summed E-state index contributed by atoms with van der Waals surface area (Å²) in [6.45, 7) is 9.64. The van der Waals surface area contributed by atoms with Gasteiger partial charge in [0, 0.05) is 5.92 Å². The second kappa shape index (κ2) is 7.08. The molecule has 2 heteroatoms. The Morgan fingerprint density at radius 3 is 2.22 bits per heavy atom. The van der Waals surface area contributed by atoms with E-state index in [2.05, 4.69) is 64.6 Å². The lowest BCUT2D eigenvalue weighted by Crippen LogP contribution is -2.14. The first-order valence-corrected chi connectivity index (χ1v) is 7.44. The topological polar surface area (TPSA) is 9.23 Å². The summed E-state index contributed by atoms with van der Waals surface area (Å²) >= 11 is 4.37. The maximum Gasteiger partial charge on any atom is 0.119 e. The van der Waals surface area contributed by atoms with Gasteiger partial charge in [-0.3, -0.25) is 0 Å². The van der Waals surface area contributed by atoms with Crippen LogP contribution in [0.2, 0.25) is 0 Å². The highest BCUT2D eigenvalue weighted by Crippen LogP contribution is 2.24. The molecule has 0 aliphatic rings. The molecule has 0 aromatic heterocycles. The highest BCUT2D eigenvalue weighted by atomic mass is 32.1. The third-order valence-corrected chi connectivity index (χ3v) is 3.68. The molecule has 0 heterocycles. The minimum atomic E-state index is 0.203. The Bertz CT molecular complexity index is 337. The Balaban J connectivity index is 2.53. The molecule has 0 amide bonds. The first-order chi connectivity index (χ1) is 8.47. The van der Waals surface area contributed by atoms with Gasteiger partial charge in [0.15, 0.2) is 0 Å². The highest BCUT2D eigenvalue weighted by Gasteiger charge is 2.13. The normalized spacial score (nSPS) is 13.4. The smallest absolute Gasteiger partial charge is 0.119 e. The van der Waals surface area contributed by atoms with Crippen LogP contribution in [0.25, 0.3) is 0 Å². The first kappa shape index (κ1) is 15.4. The van der Waals surface area contributed by atoms with Crippen molar-refractivity contribution >= 4 is 12.6 Å². The minimum absolute atomic E-state index is 0.203. The molecular weight excluding hydrogens is 240 g/mol. The lowest BCUT2D eigenvalue weighted by Gasteiger charge is -2.20. The number of hydrogen-bond donors (Lipinski definition) is 1. The van der Waals surface area contributed by atoms with Crippen molar-refractivity contribution in [2.75, 3.05) is 12.4 Å². The van der Waals surface area contributed by atoms with Crippen LogP contribution < -0.4 is 4.74 Å². The third kappa shape index (κ3) is 4.93. The van der Waals surface area contributed by atoms with E-state index in [1.54, 1.807) is 0 Å². The van der Waals surface area contributed by atoms with Crippen molar-refractivity contribution in [3.63, 3.8) is 0 Å². The lowest BCUT2D eigenvalue weighted by molar-refractivity contribution is 0.254. The van der Waals surface area contributed by atoms with Crippen LogP contribution in [0.3, 0.4) is 0 Å². The summed E-state index contributed by atoms with van der Waals surface area (Å²) in [5.74, 6) is 2.42. The molecule has 18 heavy (non-hydrogen) atoms. The first-order valence-electron chi connectivity index (χ1n) is 6.81. The Kier molecular flexibility index (Phi) is 6.07. The van der Waals surface area contributed by atoms with Crippen molar-refractivity contribution in [2.45, 2.75) is 46.0 Å². The molecule has 1 atom stereocenters. The summed E-state index contributed by atoms with van der Waals surface area (Å²) in [7, 11) is 0. The third-order valence-electron chi connectivity index (χ3n) is 3.16. The number of thiol groups is 1. The Labute approximate surface area is 117 Å². The molecule has 1 unspecified atom stereocenters. The molecular formula is C16H26OS. The predicted molar refractivity (Wildman–Crippen MR) is 82.9 cm³/mol. The van der Waals surface area contributed by atoms with Crippen LogP contribution >= 0.6 is 12.6 Å². The van der Waals surface area contributed by atoms with Crippen LogP contribution in [-0.2, 0) is 5.41 Å². The summed E-state index contributed by atoms with van der Waals surface area (Å²) in [5, 5.41) is 0. The summed E-state index contributed by atoms with van der Waals surface area (Å²) in [5.41, 5.74) is 1.54. The maximum absolute atomic E-state index is 5.83. The van der Waals surface area contributed by atoms with Gasteiger partial charge >= 0.3 is 0 Å². The number of benzene rings is 1. The largest absolute Gasteiger partial charge is 0.493 e. The second-order valence-electron chi connectivity index (χ2n) is 5.92.